The molecule has 0 unspecified atom stereocenters. The number of carbonyl (C=O) groups is 1. The number of benzene rings is 1. The van der Waals surface area contributed by atoms with E-state index >= 15 is 0 Å². The molecule has 1 aromatic carbocycles. The number of aryl methyl sites for hydroxylation is 1. The summed E-state index contributed by atoms with van der Waals surface area (Å²) in [5.41, 5.74) is 1.59. The van der Waals surface area contributed by atoms with E-state index in [-0.39, 0.29) is 5.78 Å². The van der Waals surface area contributed by atoms with Crippen molar-refractivity contribution < 1.29 is 13.9 Å². The maximum absolute atomic E-state index is 11.9. The quantitative estimate of drug-likeness (QED) is 0.758. The Balaban J connectivity index is 2.07. The standard InChI is InChI=1S/C14H14O3/c1-10-7-12(9-17-10)14(15)8-11-3-5-13(16-2)6-4-11/h3-7,9H,8H2,1-2H3. The van der Waals surface area contributed by atoms with E-state index in [1.54, 1.807) is 13.2 Å². The van der Waals surface area contributed by atoms with Gasteiger partial charge in [0.25, 0.3) is 0 Å². The van der Waals surface area contributed by atoms with E-state index in [2.05, 4.69) is 0 Å². The molecule has 0 N–H and O–H groups in total. The van der Waals surface area contributed by atoms with Crippen LogP contribution in [0.25, 0.3) is 0 Å². The summed E-state index contributed by atoms with van der Waals surface area (Å²) in [6.07, 6.45) is 1.88. The van der Waals surface area contributed by atoms with Crippen LogP contribution >= 0.6 is 0 Å². The van der Waals surface area contributed by atoms with Crippen molar-refractivity contribution in [3.63, 3.8) is 0 Å². The van der Waals surface area contributed by atoms with Gasteiger partial charge in [0.2, 0.25) is 0 Å². The smallest absolute Gasteiger partial charge is 0.170 e. The van der Waals surface area contributed by atoms with Gasteiger partial charge in [0.1, 0.15) is 17.8 Å². The van der Waals surface area contributed by atoms with E-state index in [1.165, 1.54) is 6.26 Å². The maximum atomic E-state index is 11.9. The largest absolute Gasteiger partial charge is 0.497 e. The van der Waals surface area contributed by atoms with Gasteiger partial charge in [-0.2, -0.15) is 0 Å². The number of ether oxygens (including phenoxy) is 1. The minimum atomic E-state index is 0.0621. The molecule has 0 atom stereocenters. The van der Waals surface area contributed by atoms with Crippen LogP contribution in [0.2, 0.25) is 0 Å². The number of ketones is 1. The van der Waals surface area contributed by atoms with Gasteiger partial charge in [-0.3, -0.25) is 4.79 Å². The normalized spacial score (nSPS) is 10.2. The molecule has 1 aromatic heterocycles. The lowest BCUT2D eigenvalue weighted by molar-refractivity contribution is 0.0992. The van der Waals surface area contributed by atoms with Crippen LogP contribution in [0.1, 0.15) is 21.7 Å². The summed E-state index contributed by atoms with van der Waals surface area (Å²) in [4.78, 5) is 11.9. The van der Waals surface area contributed by atoms with Crippen LogP contribution in [0.3, 0.4) is 0 Å². The third-order valence-corrected chi connectivity index (χ3v) is 2.58. The first-order valence-corrected chi connectivity index (χ1v) is 5.40. The Hall–Kier alpha value is -2.03. The lowest BCUT2D eigenvalue weighted by Crippen LogP contribution is -2.01. The van der Waals surface area contributed by atoms with Gasteiger partial charge in [0.05, 0.1) is 12.7 Å². The van der Waals surface area contributed by atoms with Crippen molar-refractivity contribution >= 4 is 5.78 Å². The molecule has 1 heterocycles. The van der Waals surface area contributed by atoms with Crippen LogP contribution in [0, 0.1) is 6.92 Å². The highest BCUT2D eigenvalue weighted by atomic mass is 16.5. The summed E-state index contributed by atoms with van der Waals surface area (Å²) < 4.78 is 10.2. The van der Waals surface area contributed by atoms with Crippen molar-refractivity contribution in [3.8, 4) is 5.75 Å². The van der Waals surface area contributed by atoms with Crippen molar-refractivity contribution in [2.24, 2.45) is 0 Å². The van der Waals surface area contributed by atoms with Crippen LogP contribution in [0.4, 0.5) is 0 Å². The lowest BCUT2D eigenvalue weighted by atomic mass is 10.1. The molecule has 0 aliphatic carbocycles. The first-order chi connectivity index (χ1) is 8.19. The third-order valence-electron chi connectivity index (χ3n) is 2.58. The van der Waals surface area contributed by atoms with E-state index in [0.717, 1.165) is 17.1 Å². The van der Waals surface area contributed by atoms with Crippen LogP contribution < -0.4 is 4.74 Å². The third kappa shape index (κ3) is 2.75. The summed E-state index contributed by atoms with van der Waals surface area (Å²) in [7, 11) is 1.62. The van der Waals surface area contributed by atoms with Crippen molar-refractivity contribution in [2.75, 3.05) is 7.11 Å². The predicted octanol–water partition coefficient (Wildman–Crippen LogP) is 3.02. The number of rotatable bonds is 4. The fourth-order valence-corrected chi connectivity index (χ4v) is 1.62. The number of carbonyl (C=O) groups excluding carboxylic acids is 1. The average molecular weight is 230 g/mol. The van der Waals surface area contributed by atoms with Gasteiger partial charge in [-0.1, -0.05) is 12.1 Å². The van der Waals surface area contributed by atoms with E-state index in [9.17, 15) is 4.79 Å². The average Bonchev–Trinajstić information content (AvgIpc) is 2.77. The molecule has 0 saturated heterocycles. The minimum absolute atomic E-state index is 0.0621. The molecule has 0 amide bonds. The fraction of sp³-hybridized carbons (Fsp3) is 0.214. The second-order valence-electron chi connectivity index (χ2n) is 3.89. The molecule has 2 aromatic rings. The molecule has 3 heteroatoms. The van der Waals surface area contributed by atoms with E-state index in [0.29, 0.717) is 12.0 Å². The van der Waals surface area contributed by atoms with Gasteiger partial charge in [-0.25, -0.2) is 0 Å². The molecule has 0 aliphatic heterocycles. The molecule has 0 bridgehead atoms. The zero-order chi connectivity index (χ0) is 12.3. The van der Waals surface area contributed by atoms with Gasteiger partial charge in [-0.15, -0.1) is 0 Å². The Morgan fingerprint density at radius 2 is 2.00 bits per heavy atom. The van der Waals surface area contributed by atoms with Gasteiger partial charge >= 0.3 is 0 Å². The van der Waals surface area contributed by atoms with Crippen LogP contribution in [0.15, 0.2) is 41.0 Å². The molecule has 88 valence electrons. The first kappa shape index (κ1) is 11.5. The molecule has 0 radical (unpaired) electrons. The molecule has 0 fully saturated rings. The molecule has 3 nitrogen and oxygen atoms in total. The Morgan fingerprint density at radius 3 is 2.53 bits per heavy atom. The van der Waals surface area contributed by atoms with Crippen LogP contribution in [-0.4, -0.2) is 12.9 Å². The van der Waals surface area contributed by atoms with Gasteiger partial charge < -0.3 is 9.15 Å². The summed E-state index contributed by atoms with van der Waals surface area (Å²) in [5.74, 6) is 1.61. The molecular weight excluding hydrogens is 216 g/mol. The topological polar surface area (TPSA) is 39.4 Å². The van der Waals surface area contributed by atoms with E-state index in [1.807, 2.05) is 31.2 Å². The maximum Gasteiger partial charge on any atom is 0.170 e. The Kier molecular flexibility index (Phi) is 3.28. The zero-order valence-corrected chi connectivity index (χ0v) is 9.90. The van der Waals surface area contributed by atoms with Gasteiger partial charge in [0.15, 0.2) is 5.78 Å². The number of hydrogen-bond acceptors (Lipinski definition) is 3. The van der Waals surface area contributed by atoms with Gasteiger partial charge in [-0.05, 0) is 30.7 Å². The molecule has 0 saturated carbocycles. The minimum Gasteiger partial charge on any atom is -0.497 e. The van der Waals surface area contributed by atoms with E-state index in [4.69, 9.17) is 9.15 Å². The number of hydrogen-bond donors (Lipinski definition) is 0. The van der Waals surface area contributed by atoms with Crippen molar-refractivity contribution in [2.45, 2.75) is 13.3 Å². The van der Waals surface area contributed by atoms with Crippen LogP contribution in [-0.2, 0) is 6.42 Å². The second-order valence-corrected chi connectivity index (χ2v) is 3.89. The summed E-state index contributed by atoms with van der Waals surface area (Å²) in [6.45, 7) is 1.82. The molecule has 0 spiro atoms. The summed E-state index contributed by atoms with van der Waals surface area (Å²) in [5, 5.41) is 0. The van der Waals surface area contributed by atoms with Crippen molar-refractivity contribution in [1.82, 2.24) is 0 Å². The summed E-state index contributed by atoms with van der Waals surface area (Å²) in [6, 6.07) is 9.24. The Labute approximate surface area is 100 Å². The molecule has 17 heavy (non-hydrogen) atoms. The number of methoxy groups -OCH3 is 1. The number of furan rings is 1. The SMILES string of the molecule is COc1ccc(CC(=O)c2coc(C)c2)cc1. The fourth-order valence-electron chi connectivity index (χ4n) is 1.62. The molecular formula is C14H14O3. The first-order valence-electron chi connectivity index (χ1n) is 5.40. The molecule has 2 rings (SSSR count). The highest BCUT2D eigenvalue weighted by Gasteiger charge is 2.09. The second kappa shape index (κ2) is 4.87. The highest BCUT2D eigenvalue weighted by Crippen LogP contribution is 2.14. The predicted molar refractivity (Wildman–Crippen MR) is 64.5 cm³/mol. The Bertz CT molecular complexity index is 509. The van der Waals surface area contributed by atoms with Gasteiger partial charge in [0, 0.05) is 6.42 Å². The highest BCUT2D eigenvalue weighted by molar-refractivity contribution is 5.97. The van der Waals surface area contributed by atoms with E-state index < -0.39 is 0 Å². The number of Topliss-reactive ketones (excluding diaryl/α,β-unsaturated/α-hetero) is 1. The Morgan fingerprint density at radius 1 is 1.29 bits per heavy atom. The van der Waals surface area contributed by atoms with Crippen molar-refractivity contribution in [1.29, 1.82) is 0 Å². The summed E-state index contributed by atoms with van der Waals surface area (Å²) >= 11 is 0. The lowest BCUT2D eigenvalue weighted by Gasteiger charge is -2.01. The monoisotopic (exact) mass is 230 g/mol. The van der Waals surface area contributed by atoms with Crippen molar-refractivity contribution in [3.05, 3.63) is 53.5 Å². The zero-order valence-electron chi connectivity index (χ0n) is 9.90. The van der Waals surface area contributed by atoms with Crippen LogP contribution in [0.5, 0.6) is 5.75 Å². The molecule has 0 aliphatic rings.